The van der Waals surface area contributed by atoms with Crippen molar-refractivity contribution in [2.24, 2.45) is 0 Å². The summed E-state index contributed by atoms with van der Waals surface area (Å²) < 4.78 is 11.5. The van der Waals surface area contributed by atoms with Crippen molar-refractivity contribution in [3.63, 3.8) is 0 Å². The van der Waals surface area contributed by atoms with E-state index in [9.17, 15) is 5.11 Å². The van der Waals surface area contributed by atoms with Crippen LogP contribution in [0, 0.1) is 0 Å². The van der Waals surface area contributed by atoms with Gasteiger partial charge in [-0.25, -0.2) is 4.98 Å². The second kappa shape index (κ2) is 6.29. The van der Waals surface area contributed by atoms with Crippen LogP contribution in [-0.4, -0.2) is 34.1 Å². The third-order valence-electron chi connectivity index (χ3n) is 5.06. The van der Waals surface area contributed by atoms with Crippen LogP contribution >= 0.6 is 11.3 Å². The molecule has 1 aliphatic carbocycles. The zero-order valence-corrected chi connectivity index (χ0v) is 15.1. The van der Waals surface area contributed by atoms with Gasteiger partial charge in [0.05, 0.1) is 24.6 Å². The minimum absolute atomic E-state index is 0.480. The van der Waals surface area contributed by atoms with Gasteiger partial charge in [0.15, 0.2) is 5.79 Å². The Kier molecular flexibility index (Phi) is 4.24. The van der Waals surface area contributed by atoms with Gasteiger partial charge in [-0.2, -0.15) is 0 Å². The number of aromatic nitrogens is 2. The molecule has 0 unspecified atom stereocenters. The van der Waals surface area contributed by atoms with Crippen molar-refractivity contribution in [3.05, 3.63) is 41.0 Å². The number of rotatable bonds is 3. The molecular weight excluding hydrogens is 336 g/mol. The summed E-state index contributed by atoms with van der Waals surface area (Å²) in [5, 5.41) is 14.0. The average Bonchev–Trinajstić information content (AvgIpc) is 3.28. The second-order valence-corrected chi connectivity index (χ2v) is 7.75. The van der Waals surface area contributed by atoms with Gasteiger partial charge in [0.1, 0.15) is 10.6 Å². The largest absolute Gasteiger partial charge is 0.384 e. The minimum atomic E-state index is -0.913. The molecule has 1 spiro atoms. The van der Waals surface area contributed by atoms with Crippen LogP contribution < -0.4 is 0 Å². The standard InChI is InChI=1S/C19H22N2O3S/c1-13(2)17-21-15(12-25-17)14-3-4-16(20-11-14)18(22)5-7-19(8-6-18)23-9-10-24-19/h3-4,11-12,22H,1,5-10H2,2H3. The first-order chi connectivity index (χ1) is 12.0. The molecule has 0 aromatic carbocycles. The molecule has 1 saturated carbocycles. The van der Waals surface area contributed by atoms with Crippen molar-refractivity contribution < 1.29 is 14.6 Å². The predicted molar refractivity (Wildman–Crippen MR) is 97.1 cm³/mol. The van der Waals surface area contributed by atoms with E-state index in [1.807, 2.05) is 24.4 Å². The maximum absolute atomic E-state index is 11.0. The van der Waals surface area contributed by atoms with E-state index in [0.717, 1.165) is 21.8 Å². The van der Waals surface area contributed by atoms with Crippen LogP contribution in [0.25, 0.3) is 16.8 Å². The molecule has 4 rings (SSSR count). The van der Waals surface area contributed by atoms with Gasteiger partial charge >= 0.3 is 0 Å². The third kappa shape index (κ3) is 3.15. The zero-order chi connectivity index (χ0) is 17.5. The molecule has 5 nitrogen and oxygen atoms in total. The molecular formula is C19H22N2O3S. The van der Waals surface area contributed by atoms with Crippen molar-refractivity contribution in [3.8, 4) is 11.3 Å². The van der Waals surface area contributed by atoms with Crippen molar-refractivity contribution in [2.75, 3.05) is 13.2 Å². The molecule has 1 saturated heterocycles. The Morgan fingerprint density at radius 3 is 2.48 bits per heavy atom. The van der Waals surface area contributed by atoms with Crippen LogP contribution in [0.5, 0.6) is 0 Å². The molecule has 2 aromatic heterocycles. The lowest BCUT2D eigenvalue weighted by atomic mass is 9.79. The highest BCUT2D eigenvalue weighted by Gasteiger charge is 2.46. The van der Waals surface area contributed by atoms with E-state index in [-0.39, 0.29) is 0 Å². The number of ether oxygens (including phenoxy) is 2. The van der Waals surface area contributed by atoms with Crippen LogP contribution in [0.1, 0.15) is 43.3 Å². The van der Waals surface area contributed by atoms with Crippen molar-refractivity contribution in [2.45, 2.75) is 44.0 Å². The summed E-state index contributed by atoms with van der Waals surface area (Å²) in [5.74, 6) is -0.480. The maximum atomic E-state index is 11.0. The van der Waals surface area contributed by atoms with E-state index >= 15 is 0 Å². The fourth-order valence-electron chi connectivity index (χ4n) is 3.51. The molecule has 2 aromatic rings. The lowest BCUT2D eigenvalue weighted by molar-refractivity contribution is -0.204. The van der Waals surface area contributed by atoms with Gasteiger partial charge in [-0.1, -0.05) is 6.58 Å². The van der Waals surface area contributed by atoms with Gasteiger partial charge in [0.25, 0.3) is 0 Å². The molecule has 25 heavy (non-hydrogen) atoms. The van der Waals surface area contributed by atoms with E-state index in [1.54, 1.807) is 17.5 Å². The quantitative estimate of drug-likeness (QED) is 0.905. The van der Waals surface area contributed by atoms with Gasteiger partial charge < -0.3 is 14.6 Å². The topological polar surface area (TPSA) is 64.5 Å². The highest BCUT2D eigenvalue weighted by molar-refractivity contribution is 7.11. The molecule has 1 N–H and O–H groups in total. The van der Waals surface area contributed by atoms with Gasteiger partial charge in [-0.15, -0.1) is 11.3 Å². The molecule has 0 amide bonds. The summed E-state index contributed by atoms with van der Waals surface area (Å²) >= 11 is 1.58. The van der Waals surface area contributed by atoms with Gasteiger partial charge in [0, 0.05) is 30.0 Å². The summed E-state index contributed by atoms with van der Waals surface area (Å²) in [6.07, 6.45) is 4.37. The van der Waals surface area contributed by atoms with Crippen LogP contribution in [0.2, 0.25) is 0 Å². The van der Waals surface area contributed by atoms with E-state index < -0.39 is 11.4 Å². The normalized spacial score (nSPS) is 21.5. The fourth-order valence-corrected chi connectivity index (χ4v) is 4.27. The lowest BCUT2D eigenvalue weighted by Crippen LogP contribution is -2.42. The first-order valence-corrected chi connectivity index (χ1v) is 9.46. The van der Waals surface area contributed by atoms with E-state index in [2.05, 4.69) is 16.5 Å². The number of pyridine rings is 1. The highest BCUT2D eigenvalue weighted by atomic mass is 32.1. The van der Waals surface area contributed by atoms with Crippen LogP contribution in [0.3, 0.4) is 0 Å². The van der Waals surface area contributed by atoms with Crippen LogP contribution in [0.15, 0.2) is 30.3 Å². The molecule has 0 bridgehead atoms. The summed E-state index contributed by atoms with van der Waals surface area (Å²) in [7, 11) is 0. The van der Waals surface area contributed by atoms with Gasteiger partial charge in [-0.05, 0) is 37.5 Å². The Balaban J connectivity index is 1.50. The Labute approximate surface area is 151 Å². The molecule has 0 radical (unpaired) electrons. The number of hydrogen-bond acceptors (Lipinski definition) is 6. The van der Waals surface area contributed by atoms with Gasteiger partial charge in [0.2, 0.25) is 0 Å². The summed E-state index contributed by atoms with van der Waals surface area (Å²) in [5.41, 5.74) is 2.60. The van der Waals surface area contributed by atoms with E-state index in [4.69, 9.17) is 9.47 Å². The monoisotopic (exact) mass is 358 g/mol. The smallest absolute Gasteiger partial charge is 0.168 e. The molecule has 6 heteroatoms. The van der Waals surface area contributed by atoms with Crippen LogP contribution in [0.4, 0.5) is 0 Å². The van der Waals surface area contributed by atoms with Crippen molar-refractivity contribution in [1.29, 1.82) is 0 Å². The van der Waals surface area contributed by atoms with Crippen molar-refractivity contribution in [1.82, 2.24) is 9.97 Å². The van der Waals surface area contributed by atoms with E-state index in [0.29, 0.717) is 44.6 Å². The molecule has 1 aliphatic heterocycles. The molecule has 2 aliphatic rings. The number of nitrogens with zero attached hydrogens (tertiary/aromatic N) is 2. The first kappa shape index (κ1) is 16.8. The summed E-state index contributed by atoms with van der Waals surface area (Å²) in [6, 6.07) is 3.88. The van der Waals surface area contributed by atoms with Crippen LogP contribution in [-0.2, 0) is 15.1 Å². The Bertz CT molecular complexity index is 768. The predicted octanol–water partition coefficient (Wildman–Crippen LogP) is 3.74. The third-order valence-corrected chi connectivity index (χ3v) is 6.06. The average molecular weight is 358 g/mol. The zero-order valence-electron chi connectivity index (χ0n) is 14.3. The molecule has 2 fully saturated rings. The summed E-state index contributed by atoms with van der Waals surface area (Å²) in [6.45, 7) is 7.17. The van der Waals surface area contributed by atoms with Gasteiger partial charge in [-0.3, -0.25) is 4.98 Å². The van der Waals surface area contributed by atoms with E-state index in [1.165, 1.54) is 0 Å². The minimum Gasteiger partial charge on any atom is -0.384 e. The molecule has 3 heterocycles. The fraction of sp³-hybridized carbons (Fsp3) is 0.474. The number of hydrogen-bond donors (Lipinski definition) is 1. The number of allylic oxidation sites excluding steroid dienone is 1. The lowest BCUT2D eigenvalue weighted by Gasteiger charge is -2.40. The molecule has 0 atom stereocenters. The SMILES string of the molecule is C=C(C)c1nc(-c2ccc(C3(O)CCC4(CC3)OCCO4)nc2)cs1. The molecule has 132 valence electrons. The Morgan fingerprint density at radius 1 is 1.20 bits per heavy atom. The Hall–Kier alpha value is -1.60. The highest BCUT2D eigenvalue weighted by Crippen LogP contribution is 2.44. The summed E-state index contributed by atoms with van der Waals surface area (Å²) in [4.78, 5) is 9.10. The number of thiazole rings is 1. The number of aliphatic hydroxyl groups is 1. The second-order valence-electron chi connectivity index (χ2n) is 6.89. The first-order valence-electron chi connectivity index (χ1n) is 8.58. The maximum Gasteiger partial charge on any atom is 0.168 e. The Morgan fingerprint density at radius 2 is 1.92 bits per heavy atom. The van der Waals surface area contributed by atoms with Crippen molar-refractivity contribution >= 4 is 16.9 Å².